The van der Waals surface area contributed by atoms with E-state index in [-0.39, 0.29) is 24.0 Å². The monoisotopic (exact) mass is 455 g/mol. The summed E-state index contributed by atoms with van der Waals surface area (Å²) >= 11 is 7.58. The van der Waals surface area contributed by atoms with Crippen molar-refractivity contribution >= 4 is 35.1 Å². The first-order valence-corrected chi connectivity index (χ1v) is 11.3. The topological polar surface area (TPSA) is 84.1 Å². The van der Waals surface area contributed by atoms with Crippen molar-refractivity contribution in [2.75, 3.05) is 5.32 Å². The molecule has 160 valence electrons. The van der Waals surface area contributed by atoms with Crippen LogP contribution in [0.25, 0.3) is 0 Å². The number of anilines is 1. The van der Waals surface area contributed by atoms with Crippen molar-refractivity contribution in [3.8, 4) is 5.75 Å². The average Bonchev–Trinajstić information content (AvgIpc) is 2.72. The first kappa shape index (κ1) is 21.5. The molecule has 8 heteroatoms. The second-order valence-electron chi connectivity index (χ2n) is 7.52. The van der Waals surface area contributed by atoms with E-state index in [9.17, 15) is 9.59 Å². The van der Waals surface area contributed by atoms with Crippen molar-refractivity contribution in [1.82, 2.24) is 9.97 Å². The summed E-state index contributed by atoms with van der Waals surface area (Å²) in [5.74, 6) is 0.893. The van der Waals surface area contributed by atoms with Crippen molar-refractivity contribution in [3.63, 3.8) is 0 Å². The first-order valence-electron chi connectivity index (χ1n) is 9.98. The van der Waals surface area contributed by atoms with Gasteiger partial charge in [0.05, 0.1) is 11.7 Å². The smallest absolute Gasteiger partial charge is 0.257 e. The fourth-order valence-electron chi connectivity index (χ4n) is 3.58. The van der Waals surface area contributed by atoms with Gasteiger partial charge in [0.2, 0.25) is 5.91 Å². The summed E-state index contributed by atoms with van der Waals surface area (Å²) in [5.41, 5.74) is 1.92. The maximum Gasteiger partial charge on any atom is 0.257 e. The number of carbonyl (C=O) groups is 1. The Balaban J connectivity index is 1.68. The molecule has 0 radical (unpaired) electrons. The van der Waals surface area contributed by atoms with Crippen LogP contribution in [-0.4, -0.2) is 22.0 Å². The van der Waals surface area contributed by atoms with E-state index in [1.807, 2.05) is 62.4 Å². The number of hydrogen-bond donors (Lipinski definition) is 2. The fourth-order valence-corrected chi connectivity index (χ4v) is 4.72. The molecule has 2 heterocycles. The number of nitrogens with one attached hydrogen (secondary N) is 2. The summed E-state index contributed by atoms with van der Waals surface area (Å²) in [5, 5.41) is 3.85. The fraction of sp³-hybridized carbons (Fsp3) is 0.261. The molecular weight excluding hydrogens is 434 g/mol. The van der Waals surface area contributed by atoms with Crippen LogP contribution in [0.5, 0.6) is 5.75 Å². The number of H-pyrrole nitrogens is 1. The van der Waals surface area contributed by atoms with Crippen LogP contribution in [0.2, 0.25) is 5.02 Å². The van der Waals surface area contributed by atoms with Crippen LogP contribution >= 0.6 is 23.4 Å². The number of nitrogens with zero attached hydrogens (tertiary/aromatic N) is 1. The Hall–Kier alpha value is -2.77. The SMILES string of the molecule is CC(C)Oc1ccccc1[C@H]1CC(=O)Nc2nc(SCc3ccccc3Cl)[nH]c(=O)c21. The van der Waals surface area contributed by atoms with Gasteiger partial charge < -0.3 is 15.0 Å². The highest BCUT2D eigenvalue weighted by Crippen LogP contribution is 2.39. The minimum atomic E-state index is -0.433. The highest BCUT2D eigenvalue weighted by atomic mass is 35.5. The van der Waals surface area contributed by atoms with Crippen LogP contribution in [0.3, 0.4) is 0 Å². The average molecular weight is 456 g/mol. The number of thioether (sulfide) groups is 1. The van der Waals surface area contributed by atoms with E-state index in [0.29, 0.717) is 33.1 Å². The van der Waals surface area contributed by atoms with Gasteiger partial charge in [-0.15, -0.1) is 0 Å². The molecule has 0 unspecified atom stereocenters. The first-order chi connectivity index (χ1) is 14.9. The van der Waals surface area contributed by atoms with Gasteiger partial charge in [-0.2, -0.15) is 0 Å². The molecule has 1 atom stereocenters. The number of halogens is 1. The summed E-state index contributed by atoms with van der Waals surface area (Å²) < 4.78 is 5.93. The molecule has 31 heavy (non-hydrogen) atoms. The Morgan fingerprint density at radius 1 is 1.16 bits per heavy atom. The van der Waals surface area contributed by atoms with E-state index < -0.39 is 5.92 Å². The molecule has 0 saturated carbocycles. The van der Waals surface area contributed by atoms with Gasteiger partial charge in [0.1, 0.15) is 11.6 Å². The third kappa shape index (κ3) is 4.78. The lowest BCUT2D eigenvalue weighted by Gasteiger charge is -2.26. The normalized spacial score (nSPS) is 15.5. The second kappa shape index (κ2) is 9.16. The number of fused-ring (bicyclic) bond motifs is 1. The van der Waals surface area contributed by atoms with Gasteiger partial charge in [-0.1, -0.05) is 59.8 Å². The lowest BCUT2D eigenvalue weighted by atomic mass is 9.86. The molecular formula is C23H22ClN3O3S. The van der Waals surface area contributed by atoms with Crippen LogP contribution in [0.4, 0.5) is 5.82 Å². The molecule has 3 aromatic rings. The minimum Gasteiger partial charge on any atom is -0.491 e. The van der Waals surface area contributed by atoms with Gasteiger partial charge in [-0.05, 0) is 31.5 Å². The van der Waals surface area contributed by atoms with Crippen molar-refractivity contribution in [2.24, 2.45) is 0 Å². The molecule has 0 fully saturated rings. The number of hydrogen-bond acceptors (Lipinski definition) is 5. The molecule has 0 saturated heterocycles. The van der Waals surface area contributed by atoms with Crippen molar-refractivity contribution in [3.05, 3.63) is 80.6 Å². The Kier molecular flexibility index (Phi) is 6.34. The van der Waals surface area contributed by atoms with Crippen molar-refractivity contribution in [2.45, 2.75) is 43.2 Å². The molecule has 0 bridgehead atoms. The van der Waals surface area contributed by atoms with E-state index in [2.05, 4.69) is 15.3 Å². The van der Waals surface area contributed by atoms with Gasteiger partial charge in [0.15, 0.2) is 5.16 Å². The summed E-state index contributed by atoms with van der Waals surface area (Å²) in [4.78, 5) is 32.9. The molecule has 1 amide bonds. The Morgan fingerprint density at radius 3 is 2.68 bits per heavy atom. The number of amides is 1. The van der Waals surface area contributed by atoms with E-state index in [1.165, 1.54) is 11.8 Å². The summed E-state index contributed by atoms with van der Waals surface area (Å²) in [6, 6.07) is 15.0. The number of carbonyl (C=O) groups excluding carboxylic acids is 1. The van der Waals surface area contributed by atoms with Gasteiger partial charge in [0, 0.05) is 28.7 Å². The van der Waals surface area contributed by atoms with E-state index in [4.69, 9.17) is 16.3 Å². The maximum atomic E-state index is 13.1. The zero-order valence-corrected chi connectivity index (χ0v) is 18.7. The van der Waals surface area contributed by atoms with Gasteiger partial charge >= 0.3 is 0 Å². The Labute approximate surface area is 189 Å². The largest absolute Gasteiger partial charge is 0.491 e. The van der Waals surface area contributed by atoms with E-state index in [1.54, 1.807) is 0 Å². The summed E-state index contributed by atoms with van der Waals surface area (Å²) in [7, 11) is 0. The van der Waals surface area contributed by atoms with Gasteiger partial charge in [-0.25, -0.2) is 4.98 Å². The minimum absolute atomic E-state index is 0.0296. The zero-order chi connectivity index (χ0) is 22.0. The second-order valence-corrected chi connectivity index (χ2v) is 8.89. The Bertz CT molecular complexity index is 1180. The van der Waals surface area contributed by atoms with Crippen molar-refractivity contribution < 1.29 is 9.53 Å². The number of aromatic nitrogens is 2. The molecule has 2 N–H and O–H groups in total. The number of para-hydroxylation sites is 1. The van der Waals surface area contributed by atoms with Crippen molar-refractivity contribution in [1.29, 1.82) is 0 Å². The highest BCUT2D eigenvalue weighted by molar-refractivity contribution is 7.98. The standard InChI is InChI=1S/C23H22ClN3O3S/c1-13(2)30-18-10-6-4-8-15(18)16-11-19(28)25-21-20(16)22(29)27-23(26-21)31-12-14-7-3-5-9-17(14)24/h3-10,13,16H,11-12H2,1-2H3,(H2,25,26,27,28,29)/t16-/m1/s1. The van der Waals surface area contributed by atoms with E-state index in [0.717, 1.165) is 11.1 Å². The number of aromatic amines is 1. The number of rotatable bonds is 6. The third-order valence-electron chi connectivity index (χ3n) is 4.91. The zero-order valence-electron chi connectivity index (χ0n) is 17.1. The molecule has 1 aliphatic heterocycles. The van der Waals surface area contributed by atoms with Crippen LogP contribution < -0.4 is 15.6 Å². The summed E-state index contributed by atoms with van der Waals surface area (Å²) in [6.45, 7) is 3.88. The predicted molar refractivity (Wildman–Crippen MR) is 123 cm³/mol. The molecule has 0 aliphatic carbocycles. The van der Waals surface area contributed by atoms with Crippen LogP contribution in [0.1, 0.15) is 42.9 Å². The van der Waals surface area contributed by atoms with Gasteiger partial charge in [0.25, 0.3) is 5.56 Å². The van der Waals surface area contributed by atoms with Crippen LogP contribution in [0.15, 0.2) is 58.5 Å². The molecule has 4 rings (SSSR count). The molecule has 6 nitrogen and oxygen atoms in total. The van der Waals surface area contributed by atoms with E-state index >= 15 is 0 Å². The van der Waals surface area contributed by atoms with Crippen LogP contribution in [0, 0.1) is 0 Å². The molecule has 2 aromatic carbocycles. The highest BCUT2D eigenvalue weighted by Gasteiger charge is 2.32. The molecule has 1 aliphatic rings. The van der Waals surface area contributed by atoms with Crippen LogP contribution in [-0.2, 0) is 10.5 Å². The third-order valence-corrected chi connectivity index (χ3v) is 6.20. The predicted octanol–water partition coefficient (Wildman–Crippen LogP) is 4.98. The molecule has 0 spiro atoms. The maximum absolute atomic E-state index is 13.1. The Morgan fingerprint density at radius 2 is 1.90 bits per heavy atom. The lowest BCUT2D eigenvalue weighted by Crippen LogP contribution is -2.31. The van der Waals surface area contributed by atoms with Gasteiger partial charge in [-0.3, -0.25) is 9.59 Å². The quantitative estimate of drug-likeness (QED) is 0.404. The molecule has 1 aromatic heterocycles. The lowest BCUT2D eigenvalue weighted by molar-refractivity contribution is -0.116. The number of ether oxygens (including phenoxy) is 1. The number of benzene rings is 2. The summed E-state index contributed by atoms with van der Waals surface area (Å²) in [6.07, 6.45) is 0.126.